The maximum atomic E-state index is 13.5. The van der Waals surface area contributed by atoms with Gasteiger partial charge in [-0.1, -0.05) is 0 Å². The SMILES string of the molecule is COCCC(NC(=O)c1ccc(F)c(NC(C)=O)c1)C(=O)O. The number of carboxylic acid groups (broad SMARTS) is 1. The summed E-state index contributed by atoms with van der Waals surface area (Å²) < 4.78 is 18.3. The third-order valence-electron chi connectivity index (χ3n) is 2.75. The predicted molar refractivity (Wildman–Crippen MR) is 76.1 cm³/mol. The molecule has 0 radical (unpaired) electrons. The van der Waals surface area contributed by atoms with E-state index in [0.29, 0.717) is 0 Å². The number of halogens is 1. The molecule has 0 aliphatic carbocycles. The van der Waals surface area contributed by atoms with Gasteiger partial charge in [-0.2, -0.15) is 0 Å². The van der Waals surface area contributed by atoms with Gasteiger partial charge in [0.1, 0.15) is 11.9 Å². The Labute approximate surface area is 126 Å². The van der Waals surface area contributed by atoms with Gasteiger partial charge in [0.2, 0.25) is 5.91 Å². The molecule has 3 N–H and O–H groups in total. The molecule has 0 spiro atoms. The highest BCUT2D eigenvalue weighted by molar-refractivity contribution is 5.98. The Balaban J connectivity index is 2.87. The molecule has 0 fully saturated rings. The van der Waals surface area contributed by atoms with Crippen molar-refractivity contribution in [3.63, 3.8) is 0 Å². The van der Waals surface area contributed by atoms with E-state index in [2.05, 4.69) is 10.6 Å². The zero-order valence-corrected chi connectivity index (χ0v) is 12.2. The van der Waals surface area contributed by atoms with Gasteiger partial charge in [0, 0.05) is 32.6 Å². The van der Waals surface area contributed by atoms with E-state index in [4.69, 9.17) is 9.84 Å². The standard InChI is InChI=1S/C14H17FN2O5/c1-8(18)16-12-7-9(3-4-10(12)15)13(19)17-11(14(20)21)5-6-22-2/h3-4,7,11H,5-6H2,1-2H3,(H,16,18)(H,17,19)(H,20,21). The van der Waals surface area contributed by atoms with Crippen LogP contribution in [0.4, 0.5) is 10.1 Å². The van der Waals surface area contributed by atoms with E-state index in [1.807, 2.05) is 0 Å². The van der Waals surface area contributed by atoms with Gasteiger partial charge in [-0.15, -0.1) is 0 Å². The summed E-state index contributed by atoms with van der Waals surface area (Å²) in [6.07, 6.45) is 0.0946. The van der Waals surface area contributed by atoms with Crippen LogP contribution in [0.15, 0.2) is 18.2 Å². The van der Waals surface area contributed by atoms with Crippen LogP contribution in [0, 0.1) is 5.82 Å². The van der Waals surface area contributed by atoms with E-state index in [1.165, 1.54) is 20.1 Å². The molecule has 0 aromatic heterocycles. The van der Waals surface area contributed by atoms with Crippen LogP contribution in [-0.4, -0.2) is 42.6 Å². The van der Waals surface area contributed by atoms with E-state index in [9.17, 15) is 18.8 Å². The maximum absolute atomic E-state index is 13.5. The van der Waals surface area contributed by atoms with Crippen molar-refractivity contribution < 1.29 is 28.6 Å². The second-order valence-corrected chi connectivity index (χ2v) is 4.52. The van der Waals surface area contributed by atoms with Crippen molar-refractivity contribution in [2.45, 2.75) is 19.4 Å². The number of carboxylic acids is 1. The number of nitrogens with one attached hydrogen (secondary N) is 2. The van der Waals surface area contributed by atoms with E-state index in [0.717, 1.165) is 12.1 Å². The molecular formula is C14H17FN2O5. The number of carbonyl (C=O) groups is 3. The summed E-state index contributed by atoms with van der Waals surface area (Å²) in [5.41, 5.74) is -0.113. The van der Waals surface area contributed by atoms with E-state index < -0.39 is 29.6 Å². The Morgan fingerprint density at radius 1 is 1.36 bits per heavy atom. The molecule has 0 aliphatic rings. The van der Waals surface area contributed by atoms with Crippen molar-refractivity contribution in [2.24, 2.45) is 0 Å². The van der Waals surface area contributed by atoms with Gasteiger partial charge in [0.05, 0.1) is 5.69 Å². The lowest BCUT2D eigenvalue weighted by atomic mass is 10.1. The lowest BCUT2D eigenvalue weighted by Crippen LogP contribution is -2.41. The van der Waals surface area contributed by atoms with Gasteiger partial charge >= 0.3 is 5.97 Å². The minimum Gasteiger partial charge on any atom is -0.480 e. The molecule has 0 saturated carbocycles. The molecular weight excluding hydrogens is 295 g/mol. The van der Waals surface area contributed by atoms with Crippen LogP contribution in [0.5, 0.6) is 0 Å². The summed E-state index contributed by atoms with van der Waals surface area (Å²) in [5.74, 6) is -3.06. The Morgan fingerprint density at radius 3 is 2.59 bits per heavy atom. The van der Waals surface area contributed by atoms with Gasteiger partial charge in [0.25, 0.3) is 5.91 Å². The maximum Gasteiger partial charge on any atom is 0.326 e. The zero-order chi connectivity index (χ0) is 16.7. The minimum atomic E-state index is -1.20. The number of hydrogen-bond acceptors (Lipinski definition) is 4. The second kappa shape index (κ2) is 8.08. The third-order valence-corrected chi connectivity index (χ3v) is 2.75. The Morgan fingerprint density at radius 2 is 2.05 bits per heavy atom. The molecule has 2 amide bonds. The molecule has 0 bridgehead atoms. The Hall–Kier alpha value is -2.48. The largest absolute Gasteiger partial charge is 0.480 e. The number of aliphatic carboxylic acids is 1. The fraction of sp³-hybridized carbons (Fsp3) is 0.357. The number of rotatable bonds is 7. The van der Waals surface area contributed by atoms with Crippen molar-refractivity contribution >= 4 is 23.5 Å². The van der Waals surface area contributed by atoms with Crippen molar-refractivity contribution in [1.82, 2.24) is 5.32 Å². The van der Waals surface area contributed by atoms with Crippen molar-refractivity contribution in [2.75, 3.05) is 19.0 Å². The van der Waals surface area contributed by atoms with E-state index in [1.54, 1.807) is 0 Å². The van der Waals surface area contributed by atoms with Crippen LogP contribution < -0.4 is 10.6 Å². The molecule has 1 rings (SSSR count). The first-order chi connectivity index (χ1) is 10.3. The van der Waals surface area contributed by atoms with Crippen LogP contribution in [0.3, 0.4) is 0 Å². The smallest absolute Gasteiger partial charge is 0.326 e. The van der Waals surface area contributed by atoms with Gasteiger partial charge in [-0.05, 0) is 18.2 Å². The minimum absolute atomic E-state index is 0.0359. The summed E-state index contributed by atoms with van der Waals surface area (Å²) in [4.78, 5) is 34.0. The van der Waals surface area contributed by atoms with E-state index in [-0.39, 0.29) is 24.3 Å². The first-order valence-corrected chi connectivity index (χ1v) is 6.45. The highest BCUT2D eigenvalue weighted by Gasteiger charge is 2.21. The molecule has 1 aromatic carbocycles. The summed E-state index contributed by atoms with van der Waals surface area (Å²) in [6.45, 7) is 1.37. The summed E-state index contributed by atoms with van der Waals surface area (Å²) >= 11 is 0. The van der Waals surface area contributed by atoms with Gasteiger partial charge in [-0.3, -0.25) is 9.59 Å². The lowest BCUT2D eigenvalue weighted by molar-refractivity contribution is -0.139. The van der Waals surface area contributed by atoms with Crippen LogP contribution in [0.25, 0.3) is 0 Å². The highest BCUT2D eigenvalue weighted by Crippen LogP contribution is 2.16. The third kappa shape index (κ3) is 5.13. The zero-order valence-electron chi connectivity index (χ0n) is 12.2. The number of ether oxygens (including phenoxy) is 1. The van der Waals surface area contributed by atoms with E-state index >= 15 is 0 Å². The number of benzene rings is 1. The van der Waals surface area contributed by atoms with Crippen LogP contribution in [0.2, 0.25) is 0 Å². The molecule has 0 saturated heterocycles. The fourth-order valence-corrected chi connectivity index (χ4v) is 1.69. The number of methoxy groups -OCH3 is 1. The number of anilines is 1. The quantitative estimate of drug-likeness (QED) is 0.697. The van der Waals surface area contributed by atoms with Crippen LogP contribution in [0.1, 0.15) is 23.7 Å². The van der Waals surface area contributed by atoms with Crippen molar-refractivity contribution in [3.05, 3.63) is 29.6 Å². The van der Waals surface area contributed by atoms with Crippen molar-refractivity contribution in [3.8, 4) is 0 Å². The van der Waals surface area contributed by atoms with Crippen LogP contribution in [-0.2, 0) is 14.3 Å². The lowest BCUT2D eigenvalue weighted by Gasteiger charge is -2.14. The average Bonchev–Trinajstić information content (AvgIpc) is 2.44. The number of amides is 2. The van der Waals surface area contributed by atoms with Gasteiger partial charge in [0.15, 0.2) is 0 Å². The Bertz CT molecular complexity index is 576. The molecule has 1 unspecified atom stereocenters. The second-order valence-electron chi connectivity index (χ2n) is 4.52. The van der Waals surface area contributed by atoms with Crippen molar-refractivity contribution in [1.29, 1.82) is 0 Å². The molecule has 1 aromatic rings. The molecule has 7 nitrogen and oxygen atoms in total. The van der Waals surface area contributed by atoms with Gasteiger partial charge < -0.3 is 20.5 Å². The predicted octanol–water partition coefficient (Wildman–Crippen LogP) is 1.00. The molecule has 120 valence electrons. The van der Waals surface area contributed by atoms with Gasteiger partial charge in [-0.25, -0.2) is 9.18 Å². The van der Waals surface area contributed by atoms with Crippen LogP contribution >= 0.6 is 0 Å². The molecule has 8 heteroatoms. The Kier molecular flexibility index (Phi) is 6.46. The number of carbonyl (C=O) groups excluding carboxylic acids is 2. The highest BCUT2D eigenvalue weighted by atomic mass is 19.1. The average molecular weight is 312 g/mol. The summed E-state index contributed by atoms with van der Waals surface area (Å²) in [7, 11) is 1.42. The normalized spacial score (nSPS) is 11.6. The molecule has 0 aliphatic heterocycles. The molecule has 0 heterocycles. The fourth-order valence-electron chi connectivity index (χ4n) is 1.69. The molecule has 1 atom stereocenters. The first kappa shape index (κ1) is 17.6. The molecule has 22 heavy (non-hydrogen) atoms. The number of hydrogen-bond donors (Lipinski definition) is 3. The summed E-state index contributed by atoms with van der Waals surface area (Å²) in [6, 6.07) is 2.24. The summed E-state index contributed by atoms with van der Waals surface area (Å²) in [5, 5.41) is 13.6. The topological polar surface area (TPSA) is 105 Å². The monoisotopic (exact) mass is 312 g/mol. The first-order valence-electron chi connectivity index (χ1n) is 6.45.